The summed E-state index contributed by atoms with van der Waals surface area (Å²) in [4.78, 5) is 19.8. The zero-order valence-corrected chi connectivity index (χ0v) is 11.7. The third kappa shape index (κ3) is 3.18. The summed E-state index contributed by atoms with van der Waals surface area (Å²) in [5.41, 5.74) is 1.04. The molecule has 0 aromatic carbocycles. The monoisotopic (exact) mass is 275 g/mol. The number of hydrogen-bond acceptors (Lipinski definition) is 6. The van der Waals surface area contributed by atoms with E-state index >= 15 is 0 Å². The van der Waals surface area contributed by atoms with Gasteiger partial charge in [-0.25, -0.2) is 0 Å². The van der Waals surface area contributed by atoms with Gasteiger partial charge in [0, 0.05) is 25.7 Å². The highest BCUT2D eigenvalue weighted by atomic mass is 16.5. The minimum atomic E-state index is -0.231. The van der Waals surface area contributed by atoms with Crippen LogP contribution in [0.5, 0.6) is 0 Å². The Labute approximate surface area is 116 Å². The summed E-state index contributed by atoms with van der Waals surface area (Å²) in [7, 11) is 3.44. The third-order valence-electron chi connectivity index (χ3n) is 2.92. The normalized spacial score (nSPS) is 12.2. The second-order valence-corrected chi connectivity index (χ2v) is 4.42. The Morgan fingerprint density at radius 2 is 2.20 bits per heavy atom. The van der Waals surface area contributed by atoms with Gasteiger partial charge < -0.3 is 15.2 Å². The minimum absolute atomic E-state index is 0.231. The van der Waals surface area contributed by atoms with E-state index in [1.807, 2.05) is 14.0 Å². The molecule has 1 unspecified atom stereocenters. The maximum absolute atomic E-state index is 11.4. The molecule has 7 heteroatoms. The van der Waals surface area contributed by atoms with E-state index in [0.717, 1.165) is 0 Å². The lowest BCUT2D eigenvalue weighted by molar-refractivity contribution is 0.0958. The van der Waals surface area contributed by atoms with Crippen molar-refractivity contribution in [2.45, 2.75) is 19.4 Å². The van der Waals surface area contributed by atoms with E-state index in [1.165, 1.54) is 0 Å². The fraction of sp³-hybridized carbons (Fsp3) is 0.385. The zero-order chi connectivity index (χ0) is 14.5. The van der Waals surface area contributed by atoms with Crippen LogP contribution in [0.2, 0.25) is 0 Å². The molecular formula is C13H17N5O2. The number of nitrogens with one attached hydrogen (secondary N) is 2. The molecule has 20 heavy (non-hydrogen) atoms. The molecule has 1 amide bonds. The minimum Gasteiger partial charge on any atom is -0.354 e. The number of hydrogen-bond donors (Lipinski definition) is 2. The van der Waals surface area contributed by atoms with Gasteiger partial charge in [-0.05, 0) is 26.1 Å². The highest BCUT2D eigenvalue weighted by Crippen LogP contribution is 2.16. The number of amides is 1. The van der Waals surface area contributed by atoms with Gasteiger partial charge in [0.15, 0.2) is 5.82 Å². The Morgan fingerprint density at radius 1 is 1.40 bits per heavy atom. The van der Waals surface area contributed by atoms with Crippen molar-refractivity contribution >= 4 is 5.91 Å². The number of carbonyl (C=O) groups excluding carboxylic acids is 1. The molecule has 0 aliphatic rings. The summed E-state index contributed by atoms with van der Waals surface area (Å²) in [5.74, 6) is 0.808. The molecule has 0 saturated carbocycles. The number of pyridine rings is 1. The molecule has 0 saturated heterocycles. The quantitative estimate of drug-likeness (QED) is 0.832. The fourth-order valence-corrected chi connectivity index (χ4v) is 1.61. The summed E-state index contributed by atoms with van der Waals surface area (Å²) >= 11 is 0. The van der Waals surface area contributed by atoms with Crippen molar-refractivity contribution in [3.05, 3.63) is 29.8 Å². The molecule has 1 atom stereocenters. The molecule has 2 heterocycles. The highest BCUT2D eigenvalue weighted by Gasteiger charge is 2.12. The third-order valence-corrected chi connectivity index (χ3v) is 2.92. The van der Waals surface area contributed by atoms with Crippen molar-refractivity contribution < 1.29 is 9.32 Å². The molecule has 0 bridgehead atoms. The summed E-state index contributed by atoms with van der Waals surface area (Å²) in [6, 6.07) is 3.62. The second kappa shape index (κ2) is 6.25. The van der Waals surface area contributed by atoms with Gasteiger partial charge in [-0.3, -0.25) is 9.78 Å². The Hall–Kier alpha value is -2.28. The van der Waals surface area contributed by atoms with Gasteiger partial charge in [-0.15, -0.1) is 0 Å². The second-order valence-electron chi connectivity index (χ2n) is 4.42. The predicted octanol–water partition coefficient (Wildman–Crippen LogP) is 0.642. The molecule has 0 aliphatic heterocycles. The smallest absolute Gasteiger partial charge is 0.269 e. The highest BCUT2D eigenvalue weighted by molar-refractivity contribution is 5.92. The maximum Gasteiger partial charge on any atom is 0.269 e. The molecular weight excluding hydrogens is 258 g/mol. The number of rotatable bonds is 5. The van der Waals surface area contributed by atoms with Gasteiger partial charge >= 0.3 is 0 Å². The van der Waals surface area contributed by atoms with E-state index in [-0.39, 0.29) is 11.9 Å². The first-order valence-electron chi connectivity index (χ1n) is 6.32. The van der Waals surface area contributed by atoms with Crippen LogP contribution in [0.4, 0.5) is 0 Å². The largest absolute Gasteiger partial charge is 0.354 e. The lowest BCUT2D eigenvalue weighted by Gasteiger charge is -2.04. The number of likely N-dealkylation sites (N-methyl/N-ethyl adjacent to an activating group) is 1. The molecule has 2 aromatic rings. The van der Waals surface area contributed by atoms with Crippen molar-refractivity contribution in [1.29, 1.82) is 0 Å². The summed E-state index contributed by atoms with van der Waals surface area (Å²) in [6.45, 7) is 2.04. The summed E-state index contributed by atoms with van der Waals surface area (Å²) in [5, 5.41) is 9.54. The van der Waals surface area contributed by atoms with Gasteiger partial charge in [0.2, 0.25) is 0 Å². The van der Waals surface area contributed by atoms with E-state index in [0.29, 0.717) is 29.4 Å². The van der Waals surface area contributed by atoms with Crippen LogP contribution in [0.15, 0.2) is 22.9 Å². The number of nitrogens with zero attached hydrogens (tertiary/aromatic N) is 3. The van der Waals surface area contributed by atoms with Crippen LogP contribution in [0.25, 0.3) is 11.5 Å². The van der Waals surface area contributed by atoms with Crippen LogP contribution in [-0.2, 0) is 6.42 Å². The predicted molar refractivity (Wildman–Crippen MR) is 73.1 cm³/mol. The summed E-state index contributed by atoms with van der Waals surface area (Å²) < 4.78 is 5.19. The van der Waals surface area contributed by atoms with Gasteiger partial charge in [0.1, 0.15) is 5.69 Å². The first kappa shape index (κ1) is 14.1. The first-order chi connectivity index (χ1) is 9.63. The lowest BCUT2D eigenvalue weighted by Crippen LogP contribution is -2.24. The zero-order valence-electron chi connectivity index (χ0n) is 11.7. The maximum atomic E-state index is 11.4. The topological polar surface area (TPSA) is 92.9 Å². The molecule has 0 spiro atoms. The molecule has 0 radical (unpaired) electrons. The van der Waals surface area contributed by atoms with Crippen LogP contribution >= 0.6 is 0 Å². The molecule has 0 aliphatic carbocycles. The van der Waals surface area contributed by atoms with Gasteiger partial charge in [0.05, 0.1) is 5.56 Å². The molecule has 2 N–H and O–H groups in total. The van der Waals surface area contributed by atoms with E-state index in [9.17, 15) is 4.79 Å². The Morgan fingerprint density at radius 3 is 2.80 bits per heavy atom. The van der Waals surface area contributed by atoms with Crippen molar-refractivity contribution in [3.63, 3.8) is 0 Å². The molecule has 106 valence electrons. The average molecular weight is 275 g/mol. The molecule has 7 nitrogen and oxygen atoms in total. The van der Waals surface area contributed by atoms with E-state index in [4.69, 9.17) is 4.52 Å². The lowest BCUT2D eigenvalue weighted by atomic mass is 10.2. The van der Waals surface area contributed by atoms with Crippen molar-refractivity contribution in [3.8, 4) is 11.5 Å². The fourth-order valence-electron chi connectivity index (χ4n) is 1.61. The van der Waals surface area contributed by atoms with Crippen molar-refractivity contribution in [1.82, 2.24) is 25.8 Å². The van der Waals surface area contributed by atoms with Crippen LogP contribution in [0, 0.1) is 0 Å². The van der Waals surface area contributed by atoms with Crippen molar-refractivity contribution in [2.24, 2.45) is 0 Å². The Balaban J connectivity index is 2.14. The molecule has 2 rings (SSSR count). The van der Waals surface area contributed by atoms with E-state index in [2.05, 4.69) is 25.8 Å². The summed E-state index contributed by atoms with van der Waals surface area (Å²) in [6.07, 6.45) is 2.23. The van der Waals surface area contributed by atoms with Gasteiger partial charge in [0.25, 0.3) is 11.8 Å². The van der Waals surface area contributed by atoms with Gasteiger partial charge in [-0.1, -0.05) is 5.16 Å². The van der Waals surface area contributed by atoms with Crippen LogP contribution < -0.4 is 10.6 Å². The SMILES string of the molecule is CNC(=O)c1ccc(-c2nc(CC(C)NC)no2)cn1. The van der Waals surface area contributed by atoms with Gasteiger partial charge in [-0.2, -0.15) is 4.98 Å². The van der Waals surface area contributed by atoms with Crippen LogP contribution in [-0.4, -0.2) is 41.2 Å². The van der Waals surface area contributed by atoms with E-state index < -0.39 is 0 Å². The Kier molecular flexibility index (Phi) is 4.41. The molecule has 0 fully saturated rings. The standard InChI is InChI=1S/C13H17N5O2/c1-8(14-2)6-11-17-13(20-18-11)9-4-5-10(16-7-9)12(19)15-3/h4-5,7-8,14H,6H2,1-3H3,(H,15,19). The van der Waals surface area contributed by atoms with Crippen LogP contribution in [0.1, 0.15) is 23.2 Å². The van der Waals surface area contributed by atoms with Crippen LogP contribution in [0.3, 0.4) is 0 Å². The average Bonchev–Trinajstić information content (AvgIpc) is 2.95. The number of carbonyl (C=O) groups is 1. The first-order valence-corrected chi connectivity index (χ1v) is 6.32. The van der Waals surface area contributed by atoms with E-state index in [1.54, 1.807) is 25.4 Å². The number of aromatic nitrogens is 3. The molecule has 2 aromatic heterocycles. The van der Waals surface area contributed by atoms with Crippen molar-refractivity contribution in [2.75, 3.05) is 14.1 Å². The Bertz CT molecular complexity index is 579.